The van der Waals surface area contributed by atoms with Crippen molar-refractivity contribution in [1.29, 1.82) is 0 Å². The van der Waals surface area contributed by atoms with Crippen molar-refractivity contribution in [1.82, 2.24) is 0 Å². The molecule has 0 spiro atoms. The van der Waals surface area contributed by atoms with E-state index in [1.807, 2.05) is 72.8 Å². The van der Waals surface area contributed by atoms with Gasteiger partial charge in [-0.1, -0.05) is 30.3 Å². The Morgan fingerprint density at radius 1 is 0.571 bits per heavy atom. The van der Waals surface area contributed by atoms with E-state index < -0.39 is 0 Å². The first-order valence-corrected chi connectivity index (χ1v) is 6.70. The molecule has 0 atom stereocenters. The Labute approximate surface area is 123 Å². The summed E-state index contributed by atoms with van der Waals surface area (Å²) in [5, 5.41) is 0. The molecular formula is C18H16N2O. The minimum atomic E-state index is 0.662. The van der Waals surface area contributed by atoms with Gasteiger partial charge in [0.1, 0.15) is 11.5 Å². The standard InChI is InChI=1S/C18H16N2O/c19-15-8-6-13(7-9-15)14-10-16(20)12-18(11-14)21-17-4-2-1-3-5-17/h1-12H,19-20H2. The van der Waals surface area contributed by atoms with Crippen LogP contribution in [0.25, 0.3) is 11.1 Å². The molecule has 0 heterocycles. The van der Waals surface area contributed by atoms with Gasteiger partial charge in [-0.05, 0) is 47.5 Å². The van der Waals surface area contributed by atoms with E-state index in [-0.39, 0.29) is 0 Å². The van der Waals surface area contributed by atoms with Crippen LogP contribution in [-0.2, 0) is 0 Å². The first kappa shape index (κ1) is 13.1. The Bertz CT molecular complexity index is 737. The number of hydrogen-bond donors (Lipinski definition) is 2. The molecule has 3 aromatic carbocycles. The largest absolute Gasteiger partial charge is 0.457 e. The molecule has 0 bridgehead atoms. The molecule has 21 heavy (non-hydrogen) atoms. The SMILES string of the molecule is Nc1ccc(-c2cc(N)cc(Oc3ccccc3)c2)cc1. The van der Waals surface area contributed by atoms with Gasteiger partial charge in [0, 0.05) is 17.4 Å². The van der Waals surface area contributed by atoms with E-state index in [0.717, 1.165) is 22.6 Å². The molecule has 0 saturated heterocycles. The zero-order valence-electron chi connectivity index (χ0n) is 11.5. The zero-order chi connectivity index (χ0) is 14.7. The fourth-order valence-corrected chi connectivity index (χ4v) is 2.15. The van der Waals surface area contributed by atoms with Gasteiger partial charge in [0.25, 0.3) is 0 Å². The predicted molar refractivity (Wildman–Crippen MR) is 87.2 cm³/mol. The van der Waals surface area contributed by atoms with E-state index in [2.05, 4.69) is 0 Å². The molecule has 0 aliphatic carbocycles. The number of benzene rings is 3. The average Bonchev–Trinajstić information content (AvgIpc) is 2.48. The predicted octanol–water partition coefficient (Wildman–Crippen LogP) is 4.31. The van der Waals surface area contributed by atoms with Crippen molar-refractivity contribution in [3.63, 3.8) is 0 Å². The van der Waals surface area contributed by atoms with Crippen LogP contribution in [0.5, 0.6) is 11.5 Å². The highest BCUT2D eigenvalue weighted by molar-refractivity contribution is 5.71. The summed E-state index contributed by atoms with van der Waals surface area (Å²) in [6.45, 7) is 0. The molecule has 0 radical (unpaired) electrons. The van der Waals surface area contributed by atoms with E-state index in [0.29, 0.717) is 11.4 Å². The fraction of sp³-hybridized carbons (Fsp3) is 0. The summed E-state index contributed by atoms with van der Waals surface area (Å²) < 4.78 is 5.84. The average molecular weight is 276 g/mol. The lowest BCUT2D eigenvalue weighted by Crippen LogP contribution is -1.90. The highest BCUT2D eigenvalue weighted by atomic mass is 16.5. The lowest BCUT2D eigenvalue weighted by Gasteiger charge is -2.10. The van der Waals surface area contributed by atoms with Crippen LogP contribution < -0.4 is 16.2 Å². The highest BCUT2D eigenvalue weighted by Gasteiger charge is 2.04. The molecule has 3 rings (SSSR count). The smallest absolute Gasteiger partial charge is 0.130 e. The quantitative estimate of drug-likeness (QED) is 0.701. The number of hydrogen-bond acceptors (Lipinski definition) is 3. The van der Waals surface area contributed by atoms with Gasteiger partial charge in [0.15, 0.2) is 0 Å². The van der Waals surface area contributed by atoms with Crippen LogP contribution in [0.1, 0.15) is 0 Å². The van der Waals surface area contributed by atoms with Crippen molar-refractivity contribution in [2.45, 2.75) is 0 Å². The molecule has 0 aromatic heterocycles. The number of nitrogens with two attached hydrogens (primary N) is 2. The molecule has 0 fully saturated rings. The van der Waals surface area contributed by atoms with Crippen molar-refractivity contribution >= 4 is 11.4 Å². The second-order valence-electron chi connectivity index (χ2n) is 4.83. The van der Waals surface area contributed by atoms with Crippen LogP contribution in [0.15, 0.2) is 72.8 Å². The molecule has 0 amide bonds. The molecule has 104 valence electrons. The van der Waals surface area contributed by atoms with Gasteiger partial charge in [-0.25, -0.2) is 0 Å². The normalized spacial score (nSPS) is 10.3. The molecular weight excluding hydrogens is 260 g/mol. The summed E-state index contributed by atoms with van der Waals surface area (Å²) in [4.78, 5) is 0. The summed E-state index contributed by atoms with van der Waals surface area (Å²) in [6.07, 6.45) is 0. The first-order valence-electron chi connectivity index (χ1n) is 6.70. The van der Waals surface area contributed by atoms with Crippen molar-refractivity contribution in [3.05, 3.63) is 72.8 Å². The van der Waals surface area contributed by atoms with Crippen LogP contribution in [0.3, 0.4) is 0 Å². The third-order valence-corrected chi connectivity index (χ3v) is 3.15. The molecule has 0 unspecified atom stereocenters. The maximum atomic E-state index is 5.98. The van der Waals surface area contributed by atoms with Crippen LogP contribution in [0.2, 0.25) is 0 Å². The molecule has 3 heteroatoms. The molecule has 3 aromatic rings. The van der Waals surface area contributed by atoms with Crippen molar-refractivity contribution in [2.24, 2.45) is 0 Å². The highest BCUT2D eigenvalue weighted by Crippen LogP contribution is 2.30. The van der Waals surface area contributed by atoms with Gasteiger partial charge in [-0.2, -0.15) is 0 Å². The number of rotatable bonds is 3. The topological polar surface area (TPSA) is 61.3 Å². The number of ether oxygens (including phenoxy) is 1. The lowest BCUT2D eigenvalue weighted by molar-refractivity contribution is 0.483. The van der Waals surface area contributed by atoms with Gasteiger partial charge in [-0.3, -0.25) is 0 Å². The summed E-state index contributed by atoms with van der Waals surface area (Å²) in [6, 6.07) is 23.0. The minimum Gasteiger partial charge on any atom is -0.457 e. The van der Waals surface area contributed by atoms with Gasteiger partial charge >= 0.3 is 0 Å². The van der Waals surface area contributed by atoms with Gasteiger partial charge in [0.05, 0.1) is 0 Å². The Morgan fingerprint density at radius 2 is 1.29 bits per heavy atom. The second kappa shape index (κ2) is 5.59. The molecule has 0 aliphatic rings. The van der Waals surface area contributed by atoms with E-state index in [1.165, 1.54) is 0 Å². The summed E-state index contributed by atoms with van der Waals surface area (Å²) in [5.74, 6) is 1.50. The van der Waals surface area contributed by atoms with E-state index in [1.54, 1.807) is 0 Å². The molecule has 0 saturated carbocycles. The van der Waals surface area contributed by atoms with Crippen LogP contribution in [0, 0.1) is 0 Å². The first-order chi connectivity index (χ1) is 10.2. The third-order valence-electron chi connectivity index (χ3n) is 3.15. The Kier molecular flexibility index (Phi) is 3.48. The molecule has 3 nitrogen and oxygen atoms in total. The maximum Gasteiger partial charge on any atom is 0.130 e. The number of nitrogen functional groups attached to an aromatic ring is 2. The van der Waals surface area contributed by atoms with Crippen molar-refractivity contribution < 1.29 is 4.74 Å². The summed E-state index contributed by atoms with van der Waals surface area (Å²) in [7, 11) is 0. The van der Waals surface area contributed by atoms with Gasteiger partial charge in [-0.15, -0.1) is 0 Å². The number of para-hydroxylation sites is 1. The minimum absolute atomic E-state index is 0.662. The van der Waals surface area contributed by atoms with E-state index in [4.69, 9.17) is 16.2 Å². The molecule has 4 N–H and O–H groups in total. The Balaban J connectivity index is 1.94. The van der Waals surface area contributed by atoms with Crippen LogP contribution >= 0.6 is 0 Å². The fourth-order valence-electron chi connectivity index (χ4n) is 2.15. The monoisotopic (exact) mass is 276 g/mol. The Hall–Kier alpha value is -2.94. The Morgan fingerprint density at radius 3 is 2.00 bits per heavy atom. The van der Waals surface area contributed by atoms with Crippen LogP contribution in [-0.4, -0.2) is 0 Å². The van der Waals surface area contributed by atoms with Crippen LogP contribution in [0.4, 0.5) is 11.4 Å². The number of anilines is 2. The lowest BCUT2D eigenvalue weighted by atomic mass is 10.0. The molecule has 0 aliphatic heterocycles. The van der Waals surface area contributed by atoms with Crippen molar-refractivity contribution in [2.75, 3.05) is 11.5 Å². The maximum absolute atomic E-state index is 5.98. The summed E-state index contributed by atoms with van der Waals surface area (Å²) >= 11 is 0. The summed E-state index contributed by atoms with van der Waals surface area (Å²) in [5.41, 5.74) is 15.1. The van der Waals surface area contributed by atoms with Gasteiger partial charge in [0.2, 0.25) is 0 Å². The third kappa shape index (κ3) is 3.15. The van der Waals surface area contributed by atoms with E-state index >= 15 is 0 Å². The van der Waals surface area contributed by atoms with Crippen molar-refractivity contribution in [3.8, 4) is 22.6 Å². The second-order valence-corrected chi connectivity index (χ2v) is 4.83. The van der Waals surface area contributed by atoms with E-state index in [9.17, 15) is 0 Å². The van der Waals surface area contributed by atoms with Gasteiger partial charge < -0.3 is 16.2 Å². The zero-order valence-corrected chi connectivity index (χ0v) is 11.5.